The molecule has 0 saturated heterocycles. The molecule has 0 radical (unpaired) electrons. The summed E-state index contributed by atoms with van der Waals surface area (Å²) in [6, 6.07) is 11.0. The first-order valence-electron chi connectivity index (χ1n) is 7.28. The van der Waals surface area contributed by atoms with Crippen LogP contribution < -0.4 is 10.1 Å². The van der Waals surface area contributed by atoms with E-state index in [4.69, 9.17) is 9.84 Å². The summed E-state index contributed by atoms with van der Waals surface area (Å²) < 4.78 is 19.2. The Morgan fingerprint density at radius 3 is 2.57 bits per heavy atom. The molecule has 5 heteroatoms. The Hall–Kier alpha value is -2.56. The van der Waals surface area contributed by atoms with Crippen molar-refractivity contribution in [2.75, 3.05) is 11.9 Å². The molecule has 0 aliphatic carbocycles. The largest absolute Gasteiger partial charge is 0.508 e. The molecule has 0 aliphatic heterocycles. The van der Waals surface area contributed by atoms with Gasteiger partial charge in [-0.05, 0) is 29.2 Å². The lowest BCUT2D eigenvalue weighted by atomic mass is 9.86. The van der Waals surface area contributed by atoms with Gasteiger partial charge in [0.1, 0.15) is 17.3 Å². The van der Waals surface area contributed by atoms with Crippen LogP contribution in [0.4, 0.5) is 10.1 Å². The first kappa shape index (κ1) is 16.8. The molecular formula is C18H20FNO3. The van der Waals surface area contributed by atoms with E-state index in [2.05, 4.69) is 26.1 Å². The van der Waals surface area contributed by atoms with Crippen LogP contribution in [-0.4, -0.2) is 17.6 Å². The van der Waals surface area contributed by atoms with Gasteiger partial charge >= 0.3 is 0 Å². The number of phenolic OH excluding ortho intramolecular Hbond substituents is 1. The van der Waals surface area contributed by atoms with E-state index in [1.807, 2.05) is 18.2 Å². The Morgan fingerprint density at radius 2 is 1.91 bits per heavy atom. The summed E-state index contributed by atoms with van der Waals surface area (Å²) in [7, 11) is 0. The van der Waals surface area contributed by atoms with Crippen LogP contribution in [0.1, 0.15) is 26.3 Å². The molecule has 0 fully saturated rings. The van der Waals surface area contributed by atoms with Crippen LogP contribution in [0, 0.1) is 5.82 Å². The molecule has 0 aliphatic rings. The van der Waals surface area contributed by atoms with Gasteiger partial charge in [-0.25, -0.2) is 4.39 Å². The summed E-state index contributed by atoms with van der Waals surface area (Å²) in [6.07, 6.45) is 0. The van der Waals surface area contributed by atoms with Gasteiger partial charge in [0, 0.05) is 6.07 Å². The number of phenols is 1. The molecule has 0 heterocycles. The highest BCUT2D eigenvalue weighted by atomic mass is 19.1. The fraction of sp³-hybridized carbons (Fsp3) is 0.278. The third-order valence-electron chi connectivity index (χ3n) is 3.28. The van der Waals surface area contributed by atoms with Gasteiger partial charge < -0.3 is 15.2 Å². The summed E-state index contributed by atoms with van der Waals surface area (Å²) in [6.45, 7) is 5.94. The van der Waals surface area contributed by atoms with E-state index in [0.717, 1.165) is 11.6 Å². The number of nitrogens with one attached hydrogen (secondary N) is 1. The number of benzene rings is 2. The molecule has 0 unspecified atom stereocenters. The number of aromatic hydroxyl groups is 1. The summed E-state index contributed by atoms with van der Waals surface area (Å²) in [5, 5.41) is 11.6. The van der Waals surface area contributed by atoms with Gasteiger partial charge in [0.2, 0.25) is 0 Å². The predicted octanol–water partition coefficient (Wildman–Crippen LogP) is 3.85. The van der Waals surface area contributed by atoms with E-state index >= 15 is 0 Å². The van der Waals surface area contributed by atoms with Gasteiger partial charge in [0.15, 0.2) is 6.61 Å². The van der Waals surface area contributed by atoms with E-state index < -0.39 is 11.7 Å². The Balaban J connectivity index is 2.03. The summed E-state index contributed by atoms with van der Waals surface area (Å²) >= 11 is 0. The average Bonchev–Trinajstić information content (AvgIpc) is 2.47. The van der Waals surface area contributed by atoms with Crippen LogP contribution in [-0.2, 0) is 10.2 Å². The lowest BCUT2D eigenvalue weighted by Gasteiger charge is -2.22. The molecule has 23 heavy (non-hydrogen) atoms. The molecule has 1 amide bonds. The van der Waals surface area contributed by atoms with Crippen LogP contribution in [0.25, 0.3) is 0 Å². The molecule has 122 valence electrons. The minimum absolute atomic E-state index is 0.000469. The number of carbonyl (C=O) groups excluding carboxylic acids is 1. The summed E-state index contributed by atoms with van der Waals surface area (Å²) in [4.78, 5) is 11.9. The lowest BCUT2D eigenvalue weighted by Crippen LogP contribution is -2.22. The maximum Gasteiger partial charge on any atom is 0.262 e. The number of rotatable bonds is 4. The second-order valence-electron chi connectivity index (χ2n) is 6.25. The van der Waals surface area contributed by atoms with Crippen molar-refractivity contribution in [2.24, 2.45) is 0 Å². The van der Waals surface area contributed by atoms with Crippen molar-refractivity contribution < 1.29 is 19.0 Å². The second kappa shape index (κ2) is 6.69. The van der Waals surface area contributed by atoms with Crippen molar-refractivity contribution in [2.45, 2.75) is 26.2 Å². The van der Waals surface area contributed by atoms with E-state index in [1.165, 1.54) is 12.1 Å². The van der Waals surface area contributed by atoms with Crippen molar-refractivity contribution in [3.63, 3.8) is 0 Å². The van der Waals surface area contributed by atoms with E-state index in [0.29, 0.717) is 5.75 Å². The van der Waals surface area contributed by atoms with Crippen LogP contribution in [0.3, 0.4) is 0 Å². The predicted molar refractivity (Wildman–Crippen MR) is 87.3 cm³/mol. The van der Waals surface area contributed by atoms with Gasteiger partial charge in [0.05, 0.1) is 5.69 Å². The third kappa shape index (κ3) is 4.45. The highest BCUT2D eigenvalue weighted by molar-refractivity contribution is 5.92. The SMILES string of the molecule is CC(C)(C)c1ccccc1OCC(=O)Nc1ccc(O)cc1F. The van der Waals surface area contributed by atoms with E-state index in [1.54, 1.807) is 6.07 Å². The Kier molecular flexibility index (Phi) is 4.89. The number of halogens is 1. The zero-order chi connectivity index (χ0) is 17.0. The van der Waals surface area contributed by atoms with E-state index in [-0.39, 0.29) is 23.5 Å². The first-order valence-corrected chi connectivity index (χ1v) is 7.28. The quantitative estimate of drug-likeness (QED) is 0.842. The summed E-state index contributed by atoms with van der Waals surface area (Å²) in [5.41, 5.74) is 0.875. The number of para-hydroxylation sites is 1. The molecule has 2 N–H and O–H groups in total. The standard InChI is InChI=1S/C18H20FNO3/c1-18(2,3)13-6-4-5-7-16(13)23-11-17(22)20-15-9-8-12(21)10-14(15)19/h4-10,21H,11H2,1-3H3,(H,20,22). The number of ether oxygens (including phenoxy) is 1. The van der Waals surface area contributed by atoms with Crippen LogP contribution in [0.15, 0.2) is 42.5 Å². The highest BCUT2D eigenvalue weighted by Gasteiger charge is 2.19. The average molecular weight is 317 g/mol. The molecule has 0 spiro atoms. The number of hydrogen-bond donors (Lipinski definition) is 2. The normalized spacial score (nSPS) is 11.1. The minimum Gasteiger partial charge on any atom is -0.508 e. The van der Waals surface area contributed by atoms with Crippen molar-refractivity contribution in [1.82, 2.24) is 0 Å². The molecule has 2 aromatic rings. The van der Waals surface area contributed by atoms with Gasteiger partial charge in [-0.15, -0.1) is 0 Å². The maximum absolute atomic E-state index is 13.6. The molecule has 0 saturated carbocycles. The molecule has 0 atom stereocenters. The minimum atomic E-state index is -0.701. The van der Waals surface area contributed by atoms with Crippen molar-refractivity contribution in [3.05, 3.63) is 53.8 Å². The van der Waals surface area contributed by atoms with Gasteiger partial charge in [-0.1, -0.05) is 39.0 Å². The zero-order valence-electron chi connectivity index (χ0n) is 13.4. The van der Waals surface area contributed by atoms with Crippen LogP contribution in [0.5, 0.6) is 11.5 Å². The number of carbonyl (C=O) groups is 1. The fourth-order valence-electron chi connectivity index (χ4n) is 2.15. The van der Waals surface area contributed by atoms with Crippen LogP contribution >= 0.6 is 0 Å². The van der Waals surface area contributed by atoms with Crippen molar-refractivity contribution in [1.29, 1.82) is 0 Å². The van der Waals surface area contributed by atoms with Gasteiger partial charge in [-0.2, -0.15) is 0 Å². The Labute approximate surface area is 134 Å². The highest BCUT2D eigenvalue weighted by Crippen LogP contribution is 2.30. The van der Waals surface area contributed by atoms with E-state index in [9.17, 15) is 9.18 Å². The molecule has 0 aromatic heterocycles. The number of anilines is 1. The Morgan fingerprint density at radius 1 is 1.22 bits per heavy atom. The molecule has 0 bridgehead atoms. The molecule has 4 nitrogen and oxygen atoms in total. The number of hydrogen-bond acceptors (Lipinski definition) is 3. The fourth-order valence-corrected chi connectivity index (χ4v) is 2.15. The molecule has 2 rings (SSSR count). The second-order valence-corrected chi connectivity index (χ2v) is 6.25. The van der Waals surface area contributed by atoms with Gasteiger partial charge in [0.25, 0.3) is 5.91 Å². The van der Waals surface area contributed by atoms with Crippen molar-refractivity contribution in [3.8, 4) is 11.5 Å². The molecule has 2 aromatic carbocycles. The topological polar surface area (TPSA) is 58.6 Å². The number of amides is 1. The monoisotopic (exact) mass is 317 g/mol. The first-order chi connectivity index (χ1) is 10.8. The Bertz CT molecular complexity index is 708. The smallest absolute Gasteiger partial charge is 0.262 e. The van der Waals surface area contributed by atoms with Crippen molar-refractivity contribution >= 4 is 11.6 Å². The lowest BCUT2D eigenvalue weighted by molar-refractivity contribution is -0.118. The zero-order valence-corrected chi connectivity index (χ0v) is 13.4. The van der Waals surface area contributed by atoms with Crippen LogP contribution in [0.2, 0.25) is 0 Å². The summed E-state index contributed by atoms with van der Waals surface area (Å²) in [5.74, 6) is -0.746. The molecular weight excluding hydrogens is 297 g/mol. The maximum atomic E-state index is 13.6. The third-order valence-corrected chi connectivity index (χ3v) is 3.28. The van der Waals surface area contributed by atoms with Gasteiger partial charge in [-0.3, -0.25) is 4.79 Å².